The molecule has 2 rings (SSSR count). The summed E-state index contributed by atoms with van der Waals surface area (Å²) in [7, 11) is 2.99. The van der Waals surface area contributed by atoms with Crippen LogP contribution in [0.5, 0.6) is 11.5 Å². The summed E-state index contributed by atoms with van der Waals surface area (Å²) >= 11 is 1.06. The first-order valence-electron chi connectivity index (χ1n) is 7.46. The molecule has 0 aliphatic heterocycles. The Hall–Kier alpha value is -2.42. The van der Waals surface area contributed by atoms with E-state index in [1.165, 1.54) is 20.3 Å². The van der Waals surface area contributed by atoms with Gasteiger partial charge >= 0.3 is 6.18 Å². The van der Waals surface area contributed by atoms with Crippen LogP contribution in [-0.2, 0) is 11.0 Å². The van der Waals surface area contributed by atoms with Gasteiger partial charge in [0.25, 0.3) is 0 Å². The lowest BCUT2D eigenvalue weighted by atomic mass is 10.2. The van der Waals surface area contributed by atoms with Gasteiger partial charge < -0.3 is 14.8 Å². The number of alkyl halides is 3. The number of carbonyl (C=O) groups is 1. The van der Waals surface area contributed by atoms with E-state index in [1.807, 2.05) is 0 Å². The molecule has 0 fully saturated rings. The quantitative estimate of drug-likeness (QED) is 0.753. The fraction of sp³-hybridized carbons (Fsp3) is 0.294. The highest BCUT2D eigenvalue weighted by Gasteiger charge is 2.30. The van der Waals surface area contributed by atoms with Crippen LogP contribution in [0, 0.1) is 0 Å². The molecule has 1 atom stereocenters. The maximum Gasteiger partial charge on any atom is 0.417 e. The monoisotopic (exact) mass is 386 g/mol. The van der Waals surface area contributed by atoms with Crippen molar-refractivity contribution in [3.05, 3.63) is 42.1 Å². The summed E-state index contributed by atoms with van der Waals surface area (Å²) in [5.74, 6) is 0.709. The summed E-state index contributed by atoms with van der Waals surface area (Å²) in [6, 6.07) is 7.11. The van der Waals surface area contributed by atoms with Gasteiger partial charge in [-0.15, -0.1) is 0 Å². The minimum atomic E-state index is -4.44. The number of anilines is 1. The van der Waals surface area contributed by atoms with Crippen molar-refractivity contribution in [3.63, 3.8) is 0 Å². The Balaban J connectivity index is 2.03. The molecule has 26 heavy (non-hydrogen) atoms. The summed E-state index contributed by atoms with van der Waals surface area (Å²) < 4.78 is 47.9. The van der Waals surface area contributed by atoms with Gasteiger partial charge in [0.2, 0.25) is 5.91 Å². The number of benzene rings is 1. The van der Waals surface area contributed by atoms with Crippen molar-refractivity contribution in [2.45, 2.75) is 23.4 Å². The van der Waals surface area contributed by atoms with Crippen molar-refractivity contribution in [1.82, 2.24) is 4.98 Å². The lowest BCUT2D eigenvalue weighted by Crippen LogP contribution is -2.22. The van der Waals surface area contributed by atoms with Gasteiger partial charge in [-0.2, -0.15) is 13.2 Å². The first-order valence-corrected chi connectivity index (χ1v) is 8.34. The van der Waals surface area contributed by atoms with Crippen molar-refractivity contribution in [2.24, 2.45) is 0 Å². The number of nitrogens with one attached hydrogen (secondary N) is 1. The van der Waals surface area contributed by atoms with Gasteiger partial charge in [0.1, 0.15) is 11.5 Å². The highest BCUT2D eigenvalue weighted by molar-refractivity contribution is 8.00. The van der Waals surface area contributed by atoms with Gasteiger partial charge in [-0.1, -0.05) is 11.8 Å². The van der Waals surface area contributed by atoms with Crippen LogP contribution in [-0.4, -0.2) is 30.4 Å². The standard InChI is InChI=1S/C17H17F3N2O3S/c1-10(26-15-5-4-11(9-21-15)17(18,19)20)16(23)22-12-6-13(24-2)8-14(7-12)25-3/h4-10H,1-3H3,(H,22,23)/t10-/m1/s1. The van der Waals surface area contributed by atoms with Gasteiger partial charge in [0.05, 0.1) is 30.1 Å². The molecule has 0 aliphatic carbocycles. The normalized spacial score (nSPS) is 12.4. The second kappa shape index (κ2) is 8.31. The molecule has 0 aliphatic rings. The van der Waals surface area contributed by atoms with E-state index in [4.69, 9.17) is 9.47 Å². The Labute approximate surface area is 152 Å². The van der Waals surface area contributed by atoms with Crippen LogP contribution in [0.2, 0.25) is 0 Å². The number of hydrogen-bond acceptors (Lipinski definition) is 5. The van der Waals surface area contributed by atoms with E-state index in [0.29, 0.717) is 22.2 Å². The van der Waals surface area contributed by atoms with Crippen molar-refractivity contribution in [1.29, 1.82) is 0 Å². The summed E-state index contributed by atoms with van der Waals surface area (Å²) in [6.45, 7) is 1.64. The fourth-order valence-electron chi connectivity index (χ4n) is 1.98. The lowest BCUT2D eigenvalue weighted by molar-refractivity contribution is -0.137. The molecule has 9 heteroatoms. The second-order valence-corrected chi connectivity index (χ2v) is 6.59. The van der Waals surface area contributed by atoms with Crippen LogP contribution in [0.4, 0.5) is 18.9 Å². The van der Waals surface area contributed by atoms with Gasteiger partial charge in [0.15, 0.2) is 0 Å². The number of rotatable bonds is 6. The molecule has 2 aromatic rings. The minimum absolute atomic E-state index is 0.323. The lowest BCUT2D eigenvalue weighted by Gasteiger charge is -2.14. The highest BCUT2D eigenvalue weighted by Crippen LogP contribution is 2.31. The summed E-state index contributed by atoms with van der Waals surface area (Å²) in [4.78, 5) is 16.1. The molecular formula is C17H17F3N2O3S. The van der Waals surface area contributed by atoms with Crippen molar-refractivity contribution < 1.29 is 27.4 Å². The van der Waals surface area contributed by atoms with E-state index in [9.17, 15) is 18.0 Å². The van der Waals surface area contributed by atoms with E-state index in [2.05, 4.69) is 10.3 Å². The van der Waals surface area contributed by atoms with Crippen LogP contribution < -0.4 is 14.8 Å². The molecule has 0 saturated heterocycles. The molecular weight excluding hydrogens is 369 g/mol. The zero-order valence-electron chi connectivity index (χ0n) is 14.3. The highest BCUT2D eigenvalue weighted by atomic mass is 32.2. The number of methoxy groups -OCH3 is 2. The topological polar surface area (TPSA) is 60.5 Å². The van der Waals surface area contributed by atoms with E-state index >= 15 is 0 Å². The van der Waals surface area contributed by atoms with Gasteiger partial charge in [-0.3, -0.25) is 4.79 Å². The maximum atomic E-state index is 12.5. The van der Waals surface area contributed by atoms with Gasteiger partial charge in [-0.25, -0.2) is 4.98 Å². The fourth-order valence-corrected chi connectivity index (χ4v) is 2.76. The molecule has 0 spiro atoms. The van der Waals surface area contributed by atoms with Crippen molar-refractivity contribution in [2.75, 3.05) is 19.5 Å². The zero-order chi connectivity index (χ0) is 19.3. The molecule has 0 radical (unpaired) electrons. The number of halogens is 3. The number of thioether (sulfide) groups is 1. The number of pyridine rings is 1. The third-order valence-electron chi connectivity index (χ3n) is 3.35. The van der Waals surface area contributed by atoms with Gasteiger partial charge in [-0.05, 0) is 19.1 Å². The second-order valence-electron chi connectivity index (χ2n) is 5.23. The SMILES string of the molecule is COc1cc(NC(=O)[C@@H](C)Sc2ccc(C(F)(F)F)cn2)cc(OC)c1. The average Bonchev–Trinajstić information content (AvgIpc) is 2.60. The van der Waals surface area contributed by atoms with E-state index < -0.39 is 17.0 Å². The molecule has 1 aromatic carbocycles. The van der Waals surface area contributed by atoms with Gasteiger partial charge in [0, 0.05) is 30.1 Å². The largest absolute Gasteiger partial charge is 0.497 e. The smallest absolute Gasteiger partial charge is 0.417 e. The van der Waals surface area contributed by atoms with Crippen LogP contribution in [0.3, 0.4) is 0 Å². The van der Waals surface area contributed by atoms with Crippen molar-refractivity contribution >= 4 is 23.4 Å². The maximum absolute atomic E-state index is 12.5. The number of amides is 1. The Morgan fingerprint density at radius 3 is 2.23 bits per heavy atom. The predicted molar refractivity (Wildman–Crippen MR) is 92.7 cm³/mol. The number of aromatic nitrogens is 1. The van der Waals surface area contributed by atoms with Crippen molar-refractivity contribution in [3.8, 4) is 11.5 Å². The predicted octanol–water partition coefficient (Wildman–Crippen LogP) is 4.24. The molecule has 0 unspecified atom stereocenters. The molecule has 1 amide bonds. The Morgan fingerprint density at radius 1 is 1.15 bits per heavy atom. The molecule has 1 heterocycles. The third-order valence-corrected chi connectivity index (χ3v) is 4.40. The number of hydrogen-bond donors (Lipinski definition) is 1. The molecule has 0 bridgehead atoms. The Kier molecular flexibility index (Phi) is 6.36. The van der Waals surface area contributed by atoms with Crippen LogP contribution >= 0.6 is 11.8 Å². The van der Waals surface area contributed by atoms with E-state index in [1.54, 1.807) is 25.1 Å². The number of carbonyl (C=O) groups excluding carboxylic acids is 1. The Bertz CT molecular complexity index is 745. The molecule has 1 N–H and O–H groups in total. The molecule has 1 aromatic heterocycles. The summed E-state index contributed by atoms with van der Waals surface area (Å²) in [5, 5.41) is 2.47. The first-order chi connectivity index (χ1) is 12.2. The summed E-state index contributed by atoms with van der Waals surface area (Å²) in [6.07, 6.45) is -3.69. The average molecular weight is 386 g/mol. The first kappa shape index (κ1) is 19.9. The van der Waals surface area contributed by atoms with E-state index in [-0.39, 0.29) is 5.91 Å². The molecule has 140 valence electrons. The Morgan fingerprint density at radius 2 is 1.77 bits per heavy atom. The van der Waals surface area contributed by atoms with Crippen LogP contribution in [0.1, 0.15) is 12.5 Å². The van der Waals surface area contributed by atoms with E-state index in [0.717, 1.165) is 24.0 Å². The van der Waals surface area contributed by atoms with Crippen LogP contribution in [0.25, 0.3) is 0 Å². The minimum Gasteiger partial charge on any atom is -0.497 e. The molecule has 5 nitrogen and oxygen atoms in total. The number of nitrogens with zero attached hydrogens (tertiary/aromatic N) is 1. The third kappa shape index (κ3) is 5.29. The number of ether oxygens (including phenoxy) is 2. The zero-order valence-corrected chi connectivity index (χ0v) is 15.1. The molecule has 0 saturated carbocycles. The van der Waals surface area contributed by atoms with Crippen LogP contribution in [0.15, 0.2) is 41.6 Å². The summed E-state index contributed by atoms with van der Waals surface area (Å²) in [5.41, 5.74) is -0.346.